The molecule has 0 aliphatic carbocycles. The summed E-state index contributed by atoms with van der Waals surface area (Å²) in [4.78, 5) is 15.7. The van der Waals surface area contributed by atoms with Gasteiger partial charge in [0.15, 0.2) is 0 Å². The molecular weight excluding hydrogens is 366 g/mol. The van der Waals surface area contributed by atoms with Crippen LogP contribution in [0.1, 0.15) is 50.8 Å². The molecule has 152 valence electrons. The van der Waals surface area contributed by atoms with E-state index in [-0.39, 0.29) is 23.9 Å². The summed E-state index contributed by atoms with van der Waals surface area (Å²) >= 11 is 0. The molecule has 0 N–H and O–H groups in total. The van der Waals surface area contributed by atoms with Gasteiger partial charge < -0.3 is 9.64 Å². The standard InChI is InChI=1S/C22H27N5O2/c1-4-15(2)21(27-14-23-24-25-27)22(28)26-13-7-10-19(26)17-11-12-20(29-3)18-9-6-5-8-16(17)18/h5-6,8-9,11-12,14-15,19,21H,4,7,10,13H2,1-3H3/t15-,19?,21-/m0/s1. The molecule has 1 fully saturated rings. The van der Waals surface area contributed by atoms with Gasteiger partial charge in [-0.15, -0.1) is 5.10 Å². The first-order chi connectivity index (χ1) is 14.2. The number of rotatable bonds is 6. The van der Waals surface area contributed by atoms with Crippen LogP contribution >= 0.6 is 0 Å². The van der Waals surface area contributed by atoms with Gasteiger partial charge in [0.1, 0.15) is 18.1 Å². The molecule has 1 saturated heterocycles. The number of hydrogen-bond acceptors (Lipinski definition) is 5. The average molecular weight is 393 g/mol. The lowest BCUT2D eigenvalue weighted by atomic mass is 9.94. The molecule has 3 atom stereocenters. The predicted molar refractivity (Wildman–Crippen MR) is 110 cm³/mol. The van der Waals surface area contributed by atoms with Gasteiger partial charge in [-0.2, -0.15) is 0 Å². The van der Waals surface area contributed by atoms with Crippen LogP contribution in [0.5, 0.6) is 5.75 Å². The normalized spacial score (nSPS) is 18.7. The molecule has 1 amide bonds. The second-order valence-corrected chi connectivity index (χ2v) is 7.71. The van der Waals surface area contributed by atoms with Crippen LogP contribution in [-0.2, 0) is 4.79 Å². The van der Waals surface area contributed by atoms with Crippen molar-refractivity contribution in [1.29, 1.82) is 0 Å². The maximum absolute atomic E-state index is 13.7. The van der Waals surface area contributed by atoms with Gasteiger partial charge in [-0.3, -0.25) is 4.79 Å². The Morgan fingerprint density at radius 1 is 1.24 bits per heavy atom. The zero-order valence-corrected chi connectivity index (χ0v) is 17.2. The highest BCUT2D eigenvalue weighted by molar-refractivity contribution is 5.92. The first-order valence-electron chi connectivity index (χ1n) is 10.2. The van der Waals surface area contributed by atoms with E-state index in [4.69, 9.17) is 4.74 Å². The number of hydrogen-bond donors (Lipinski definition) is 0. The van der Waals surface area contributed by atoms with E-state index in [2.05, 4.69) is 47.6 Å². The number of carbonyl (C=O) groups excluding carboxylic acids is 1. The van der Waals surface area contributed by atoms with E-state index in [0.29, 0.717) is 0 Å². The van der Waals surface area contributed by atoms with Crippen molar-refractivity contribution in [1.82, 2.24) is 25.1 Å². The summed E-state index contributed by atoms with van der Waals surface area (Å²) in [5.41, 5.74) is 1.17. The predicted octanol–water partition coefficient (Wildman–Crippen LogP) is 3.79. The Morgan fingerprint density at radius 2 is 2.03 bits per heavy atom. The molecule has 3 aromatic rings. The minimum Gasteiger partial charge on any atom is -0.496 e. The SMILES string of the molecule is CC[C@H](C)[C@@H](C(=O)N1CCCC1c1ccc(OC)c2ccccc12)n1cnnn1. The van der Waals surface area contributed by atoms with Crippen molar-refractivity contribution in [3.8, 4) is 5.75 Å². The fraction of sp³-hybridized carbons (Fsp3) is 0.455. The minimum atomic E-state index is -0.389. The molecule has 0 spiro atoms. The number of nitrogens with zero attached hydrogens (tertiary/aromatic N) is 5. The van der Waals surface area contributed by atoms with E-state index in [9.17, 15) is 4.79 Å². The van der Waals surface area contributed by atoms with Crippen LogP contribution in [0.2, 0.25) is 0 Å². The van der Waals surface area contributed by atoms with Crippen molar-refractivity contribution in [2.45, 2.75) is 45.2 Å². The molecule has 1 aliphatic heterocycles. The molecule has 1 aliphatic rings. The molecule has 7 heteroatoms. The van der Waals surface area contributed by atoms with Gasteiger partial charge in [-0.05, 0) is 46.2 Å². The van der Waals surface area contributed by atoms with Gasteiger partial charge in [0, 0.05) is 11.9 Å². The van der Waals surface area contributed by atoms with Crippen molar-refractivity contribution >= 4 is 16.7 Å². The monoisotopic (exact) mass is 393 g/mol. The molecule has 2 heterocycles. The molecule has 1 unspecified atom stereocenters. The van der Waals surface area contributed by atoms with E-state index in [0.717, 1.165) is 42.3 Å². The van der Waals surface area contributed by atoms with Crippen molar-refractivity contribution in [3.63, 3.8) is 0 Å². The quantitative estimate of drug-likeness (QED) is 0.637. The van der Waals surface area contributed by atoms with E-state index >= 15 is 0 Å². The lowest BCUT2D eigenvalue weighted by molar-refractivity contribution is -0.137. The molecule has 0 saturated carbocycles. The van der Waals surface area contributed by atoms with Crippen LogP contribution in [0.3, 0.4) is 0 Å². The fourth-order valence-corrected chi connectivity index (χ4v) is 4.42. The zero-order valence-electron chi connectivity index (χ0n) is 17.2. The number of amides is 1. The Hall–Kier alpha value is -2.96. The highest BCUT2D eigenvalue weighted by atomic mass is 16.5. The molecule has 0 radical (unpaired) electrons. The number of benzene rings is 2. The van der Waals surface area contributed by atoms with Gasteiger partial charge in [0.25, 0.3) is 0 Å². The number of tetrazole rings is 1. The Bertz CT molecular complexity index is 988. The number of aromatic nitrogens is 4. The Kier molecular flexibility index (Phi) is 5.47. The fourth-order valence-electron chi connectivity index (χ4n) is 4.42. The molecule has 29 heavy (non-hydrogen) atoms. The average Bonchev–Trinajstić information content (AvgIpc) is 3.45. The molecule has 2 aromatic carbocycles. The van der Waals surface area contributed by atoms with Crippen LogP contribution in [0.25, 0.3) is 10.8 Å². The third kappa shape index (κ3) is 3.45. The van der Waals surface area contributed by atoms with Crippen LogP contribution < -0.4 is 4.74 Å². The number of methoxy groups -OCH3 is 1. The second kappa shape index (κ2) is 8.19. The van der Waals surface area contributed by atoms with Gasteiger partial charge in [-0.1, -0.05) is 50.6 Å². The van der Waals surface area contributed by atoms with Crippen LogP contribution in [0, 0.1) is 5.92 Å². The minimum absolute atomic E-state index is 0.0429. The summed E-state index contributed by atoms with van der Waals surface area (Å²) in [6.07, 6.45) is 4.35. The Morgan fingerprint density at radius 3 is 2.72 bits per heavy atom. The van der Waals surface area contributed by atoms with Crippen molar-refractivity contribution in [2.75, 3.05) is 13.7 Å². The molecule has 1 aromatic heterocycles. The van der Waals surface area contributed by atoms with Crippen molar-refractivity contribution in [2.24, 2.45) is 5.92 Å². The van der Waals surface area contributed by atoms with Crippen LogP contribution in [-0.4, -0.2) is 44.7 Å². The topological polar surface area (TPSA) is 73.1 Å². The van der Waals surface area contributed by atoms with Gasteiger partial charge in [-0.25, -0.2) is 4.68 Å². The number of ether oxygens (including phenoxy) is 1. The Balaban J connectivity index is 1.73. The number of likely N-dealkylation sites (tertiary alicyclic amines) is 1. The van der Waals surface area contributed by atoms with Crippen molar-refractivity contribution < 1.29 is 9.53 Å². The highest BCUT2D eigenvalue weighted by Crippen LogP contribution is 2.40. The summed E-state index contributed by atoms with van der Waals surface area (Å²) in [5, 5.41) is 13.8. The van der Waals surface area contributed by atoms with Crippen LogP contribution in [0.15, 0.2) is 42.7 Å². The zero-order chi connectivity index (χ0) is 20.4. The molecule has 4 rings (SSSR count). The second-order valence-electron chi connectivity index (χ2n) is 7.71. The molecule has 7 nitrogen and oxygen atoms in total. The lowest BCUT2D eigenvalue weighted by Gasteiger charge is -2.32. The van der Waals surface area contributed by atoms with E-state index in [1.807, 2.05) is 23.1 Å². The summed E-state index contributed by atoms with van der Waals surface area (Å²) < 4.78 is 7.16. The van der Waals surface area contributed by atoms with E-state index in [1.54, 1.807) is 18.1 Å². The number of fused-ring (bicyclic) bond motifs is 1. The summed E-state index contributed by atoms with van der Waals surface area (Å²) in [6, 6.07) is 12.0. The molecule has 0 bridgehead atoms. The largest absolute Gasteiger partial charge is 0.496 e. The summed E-state index contributed by atoms with van der Waals surface area (Å²) in [7, 11) is 1.69. The van der Waals surface area contributed by atoms with Crippen LogP contribution in [0.4, 0.5) is 0 Å². The third-order valence-electron chi connectivity index (χ3n) is 6.12. The van der Waals surface area contributed by atoms with E-state index in [1.165, 1.54) is 5.56 Å². The lowest BCUT2D eigenvalue weighted by Crippen LogP contribution is -2.39. The highest BCUT2D eigenvalue weighted by Gasteiger charge is 2.38. The first-order valence-corrected chi connectivity index (χ1v) is 10.2. The van der Waals surface area contributed by atoms with Gasteiger partial charge in [0.2, 0.25) is 5.91 Å². The Labute approximate surface area is 170 Å². The third-order valence-corrected chi connectivity index (χ3v) is 6.12. The maximum Gasteiger partial charge on any atom is 0.248 e. The maximum atomic E-state index is 13.7. The summed E-state index contributed by atoms with van der Waals surface area (Å²) in [5.74, 6) is 1.08. The van der Waals surface area contributed by atoms with Crippen molar-refractivity contribution in [3.05, 3.63) is 48.3 Å². The smallest absolute Gasteiger partial charge is 0.248 e. The van der Waals surface area contributed by atoms with Gasteiger partial charge in [0.05, 0.1) is 13.2 Å². The van der Waals surface area contributed by atoms with Gasteiger partial charge >= 0.3 is 0 Å². The molecular formula is C22H27N5O2. The number of carbonyl (C=O) groups is 1. The van der Waals surface area contributed by atoms with E-state index < -0.39 is 0 Å². The first kappa shape index (κ1) is 19.4. The summed E-state index contributed by atoms with van der Waals surface area (Å²) in [6.45, 7) is 4.92.